The van der Waals surface area contributed by atoms with Crippen molar-refractivity contribution in [3.63, 3.8) is 0 Å². The topological polar surface area (TPSA) is 72.6 Å². The van der Waals surface area contributed by atoms with Crippen LogP contribution in [0.3, 0.4) is 0 Å². The Kier molecular flexibility index (Phi) is 3.42. The van der Waals surface area contributed by atoms with E-state index in [4.69, 9.17) is 9.84 Å². The molecule has 0 radical (unpaired) electrons. The monoisotopic (exact) mass is 241 g/mol. The van der Waals surface area contributed by atoms with Crippen molar-refractivity contribution in [3.8, 4) is 0 Å². The number of hydrogen-bond donors (Lipinski definition) is 1. The lowest BCUT2D eigenvalue weighted by Crippen LogP contribution is -2.30. The summed E-state index contributed by atoms with van der Waals surface area (Å²) >= 11 is 1.62. The fourth-order valence-electron chi connectivity index (χ4n) is 1.41. The molecule has 16 heavy (non-hydrogen) atoms. The number of nitrogens with zero attached hydrogens (tertiary/aromatic N) is 1. The number of rotatable bonds is 4. The zero-order valence-electron chi connectivity index (χ0n) is 8.46. The molecule has 0 saturated carbocycles. The molecule has 0 unspecified atom stereocenters. The van der Waals surface area contributed by atoms with Crippen LogP contribution in [0.15, 0.2) is 23.1 Å². The minimum Gasteiger partial charge on any atom is -0.391 e. The van der Waals surface area contributed by atoms with Crippen molar-refractivity contribution in [1.82, 2.24) is 0 Å². The third-order valence-corrected chi connectivity index (χ3v) is 3.46. The van der Waals surface area contributed by atoms with Crippen molar-refractivity contribution in [2.24, 2.45) is 0 Å². The molecule has 2 rings (SSSR count). The maximum atomic E-state index is 10.6. The average molecular weight is 241 g/mol. The second-order valence-electron chi connectivity index (χ2n) is 3.48. The largest absolute Gasteiger partial charge is 0.391 e. The number of thioether (sulfide) groups is 1. The molecule has 1 fully saturated rings. The van der Waals surface area contributed by atoms with E-state index in [0.717, 1.165) is 18.1 Å². The van der Waals surface area contributed by atoms with Gasteiger partial charge in [0.05, 0.1) is 35.6 Å². The van der Waals surface area contributed by atoms with Gasteiger partial charge in [-0.2, -0.15) is 0 Å². The van der Waals surface area contributed by atoms with E-state index in [1.54, 1.807) is 23.9 Å². The first kappa shape index (κ1) is 11.4. The Morgan fingerprint density at radius 3 is 2.81 bits per heavy atom. The Hall–Kier alpha value is -1.11. The van der Waals surface area contributed by atoms with E-state index in [2.05, 4.69) is 0 Å². The standard InChI is InChI=1S/C10H11NO4S/c12-4-7-3-8(16-9-5-15-6-9)1-2-10(7)11(13)14/h1-3,9,12H,4-6H2. The van der Waals surface area contributed by atoms with Gasteiger partial charge in [0, 0.05) is 11.0 Å². The highest BCUT2D eigenvalue weighted by atomic mass is 32.2. The van der Waals surface area contributed by atoms with Crippen molar-refractivity contribution >= 4 is 17.4 Å². The lowest BCUT2D eigenvalue weighted by atomic mass is 10.2. The van der Waals surface area contributed by atoms with Crippen LogP contribution in [-0.4, -0.2) is 28.5 Å². The average Bonchev–Trinajstić information content (AvgIpc) is 2.23. The number of aliphatic hydroxyl groups excluding tert-OH is 1. The number of nitro groups is 1. The first-order valence-electron chi connectivity index (χ1n) is 4.83. The second-order valence-corrected chi connectivity index (χ2v) is 4.86. The van der Waals surface area contributed by atoms with E-state index >= 15 is 0 Å². The van der Waals surface area contributed by atoms with Crippen molar-refractivity contribution in [2.45, 2.75) is 16.8 Å². The molecule has 1 saturated heterocycles. The number of ether oxygens (including phenoxy) is 1. The van der Waals surface area contributed by atoms with Crippen LogP contribution < -0.4 is 0 Å². The highest BCUT2D eigenvalue weighted by Crippen LogP contribution is 2.31. The summed E-state index contributed by atoms with van der Waals surface area (Å²) in [5, 5.41) is 20.1. The van der Waals surface area contributed by atoms with Gasteiger partial charge in [-0.15, -0.1) is 11.8 Å². The molecule has 0 bridgehead atoms. The number of nitro benzene ring substituents is 1. The molecule has 1 aromatic carbocycles. The fraction of sp³-hybridized carbons (Fsp3) is 0.400. The Bertz CT molecular complexity index is 406. The Morgan fingerprint density at radius 2 is 2.31 bits per heavy atom. The van der Waals surface area contributed by atoms with Gasteiger partial charge in [-0.25, -0.2) is 0 Å². The molecule has 1 heterocycles. The van der Waals surface area contributed by atoms with Crippen LogP contribution >= 0.6 is 11.8 Å². The maximum absolute atomic E-state index is 10.6. The van der Waals surface area contributed by atoms with Crippen LogP contribution in [0.1, 0.15) is 5.56 Å². The zero-order valence-corrected chi connectivity index (χ0v) is 9.27. The molecule has 1 aliphatic rings. The summed E-state index contributed by atoms with van der Waals surface area (Å²) in [7, 11) is 0. The second kappa shape index (κ2) is 4.82. The van der Waals surface area contributed by atoms with Crippen LogP contribution in [-0.2, 0) is 11.3 Å². The molecule has 1 aliphatic heterocycles. The van der Waals surface area contributed by atoms with Gasteiger partial charge < -0.3 is 9.84 Å². The predicted octanol–water partition coefficient (Wildman–Crippen LogP) is 1.58. The summed E-state index contributed by atoms with van der Waals surface area (Å²) in [5.41, 5.74) is 0.326. The quantitative estimate of drug-likeness (QED) is 0.640. The third-order valence-electron chi connectivity index (χ3n) is 2.33. The molecular weight excluding hydrogens is 230 g/mol. The van der Waals surface area contributed by atoms with E-state index in [1.807, 2.05) is 0 Å². The van der Waals surface area contributed by atoms with Gasteiger partial charge in [0.1, 0.15) is 0 Å². The van der Waals surface area contributed by atoms with Crippen LogP contribution in [0.5, 0.6) is 0 Å². The van der Waals surface area contributed by atoms with Crippen molar-refractivity contribution in [1.29, 1.82) is 0 Å². The van der Waals surface area contributed by atoms with E-state index in [9.17, 15) is 10.1 Å². The highest BCUT2D eigenvalue weighted by Gasteiger charge is 2.21. The summed E-state index contributed by atoms with van der Waals surface area (Å²) in [6, 6.07) is 4.81. The third kappa shape index (κ3) is 2.34. The summed E-state index contributed by atoms with van der Waals surface area (Å²) < 4.78 is 5.05. The Balaban J connectivity index is 2.18. The number of benzene rings is 1. The Morgan fingerprint density at radius 1 is 1.56 bits per heavy atom. The van der Waals surface area contributed by atoms with E-state index in [1.165, 1.54) is 6.07 Å². The van der Waals surface area contributed by atoms with Gasteiger partial charge in [-0.05, 0) is 12.1 Å². The first-order valence-corrected chi connectivity index (χ1v) is 5.71. The zero-order chi connectivity index (χ0) is 11.5. The summed E-state index contributed by atoms with van der Waals surface area (Å²) in [5.74, 6) is 0. The van der Waals surface area contributed by atoms with Crippen molar-refractivity contribution in [3.05, 3.63) is 33.9 Å². The summed E-state index contributed by atoms with van der Waals surface area (Å²) in [6.45, 7) is 1.12. The van der Waals surface area contributed by atoms with Gasteiger partial charge in [-0.3, -0.25) is 10.1 Å². The normalized spacial score (nSPS) is 15.8. The smallest absolute Gasteiger partial charge is 0.274 e. The van der Waals surface area contributed by atoms with Crippen LogP contribution in [0, 0.1) is 10.1 Å². The van der Waals surface area contributed by atoms with E-state index < -0.39 is 4.92 Å². The molecule has 86 valence electrons. The van der Waals surface area contributed by atoms with Gasteiger partial charge in [0.25, 0.3) is 5.69 Å². The maximum Gasteiger partial charge on any atom is 0.274 e. The lowest BCUT2D eigenvalue weighted by molar-refractivity contribution is -0.385. The molecular formula is C10H11NO4S. The van der Waals surface area contributed by atoms with Crippen LogP contribution in [0.25, 0.3) is 0 Å². The molecule has 1 N–H and O–H groups in total. The Labute approximate surface area is 96.6 Å². The molecule has 0 spiro atoms. The molecule has 5 nitrogen and oxygen atoms in total. The van der Waals surface area contributed by atoms with Gasteiger partial charge in [0.15, 0.2) is 0 Å². The SMILES string of the molecule is O=[N+]([O-])c1ccc(SC2COC2)cc1CO. The van der Waals surface area contributed by atoms with Crippen LogP contribution in [0.2, 0.25) is 0 Å². The van der Waals surface area contributed by atoms with Crippen molar-refractivity contribution in [2.75, 3.05) is 13.2 Å². The van der Waals surface area contributed by atoms with Crippen LogP contribution in [0.4, 0.5) is 5.69 Å². The number of hydrogen-bond acceptors (Lipinski definition) is 5. The van der Waals surface area contributed by atoms with Gasteiger partial charge in [0.2, 0.25) is 0 Å². The molecule has 0 aromatic heterocycles. The summed E-state index contributed by atoms with van der Waals surface area (Å²) in [4.78, 5) is 11.1. The molecule has 1 aromatic rings. The minimum absolute atomic E-state index is 0.0308. The molecule has 0 amide bonds. The highest BCUT2D eigenvalue weighted by molar-refractivity contribution is 8.00. The summed E-state index contributed by atoms with van der Waals surface area (Å²) in [6.07, 6.45) is 0. The predicted molar refractivity (Wildman–Crippen MR) is 59.5 cm³/mol. The van der Waals surface area contributed by atoms with Crippen molar-refractivity contribution < 1.29 is 14.8 Å². The van der Waals surface area contributed by atoms with Gasteiger partial charge >= 0.3 is 0 Å². The van der Waals surface area contributed by atoms with E-state index in [0.29, 0.717) is 10.8 Å². The fourth-order valence-corrected chi connectivity index (χ4v) is 2.48. The van der Waals surface area contributed by atoms with E-state index in [-0.39, 0.29) is 12.3 Å². The van der Waals surface area contributed by atoms with Gasteiger partial charge in [-0.1, -0.05) is 0 Å². The molecule has 0 aliphatic carbocycles. The molecule has 0 atom stereocenters. The minimum atomic E-state index is -0.480. The lowest BCUT2D eigenvalue weighted by Gasteiger charge is -2.25. The molecule has 6 heteroatoms. The first-order chi connectivity index (χ1) is 7.70. The number of aliphatic hydroxyl groups is 1.